The highest BCUT2D eigenvalue weighted by Crippen LogP contribution is 2.41. The second-order valence-electron chi connectivity index (χ2n) is 6.27. The summed E-state index contributed by atoms with van der Waals surface area (Å²) in [6.07, 6.45) is 6.57. The predicted molar refractivity (Wildman–Crippen MR) is 94.7 cm³/mol. The first-order valence-electron chi connectivity index (χ1n) is 8.36. The van der Waals surface area contributed by atoms with Crippen molar-refractivity contribution >= 4 is 5.78 Å². The summed E-state index contributed by atoms with van der Waals surface area (Å²) in [4.78, 5) is 11.6. The third-order valence-corrected chi connectivity index (χ3v) is 4.74. The third-order valence-electron chi connectivity index (χ3n) is 4.74. The number of carbonyl (C=O) groups excluding carboxylic acids is 1. The van der Waals surface area contributed by atoms with E-state index in [1.165, 1.54) is 20.3 Å². The van der Waals surface area contributed by atoms with Crippen molar-refractivity contribution < 1.29 is 29.2 Å². The largest absolute Gasteiger partial charge is 0.504 e. The number of benzene rings is 1. The van der Waals surface area contributed by atoms with Crippen LogP contribution >= 0.6 is 0 Å². The van der Waals surface area contributed by atoms with E-state index in [1.807, 2.05) is 6.08 Å². The number of hydrogen-bond acceptors (Lipinski definition) is 6. The van der Waals surface area contributed by atoms with E-state index < -0.39 is 0 Å². The minimum atomic E-state index is -0.309. The predicted octanol–water partition coefficient (Wildman–Crippen LogP) is 2.29. The minimum Gasteiger partial charge on any atom is -0.504 e. The maximum Gasteiger partial charge on any atom is 0.220 e. The molecule has 26 heavy (non-hydrogen) atoms. The molecular formula is C20H22O6. The molecule has 1 saturated heterocycles. The zero-order chi connectivity index (χ0) is 18.7. The first-order chi connectivity index (χ1) is 12.6. The Kier molecular flexibility index (Phi) is 5.44. The summed E-state index contributed by atoms with van der Waals surface area (Å²) in [6, 6.07) is 5.05. The van der Waals surface area contributed by atoms with E-state index >= 15 is 0 Å². The molecule has 3 rings (SSSR count). The molecule has 138 valence electrons. The van der Waals surface area contributed by atoms with Gasteiger partial charge >= 0.3 is 0 Å². The monoisotopic (exact) mass is 358 g/mol. The number of ketones is 1. The lowest BCUT2D eigenvalue weighted by Gasteiger charge is -2.20. The van der Waals surface area contributed by atoms with Gasteiger partial charge in [0.15, 0.2) is 17.3 Å². The van der Waals surface area contributed by atoms with Crippen LogP contribution in [0.4, 0.5) is 0 Å². The lowest BCUT2D eigenvalue weighted by Crippen LogP contribution is -2.18. The van der Waals surface area contributed by atoms with Gasteiger partial charge in [-0.15, -0.1) is 0 Å². The van der Waals surface area contributed by atoms with Crippen LogP contribution in [-0.4, -0.2) is 43.4 Å². The Bertz CT molecular complexity index is 777. The Balaban J connectivity index is 1.84. The molecule has 1 aliphatic carbocycles. The van der Waals surface area contributed by atoms with E-state index in [9.17, 15) is 15.0 Å². The highest BCUT2D eigenvalue weighted by Gasteiger charge is 2.37. The molecule has 0 aromatic heterocycles. The van der Waals surface area contributed by atoms with Crippen molar-refractivity contribution in [2.24, 2.45) is 11.8 Å². The van der Waals surface area contributed by atoms with Gasteiger partial charge in [-0.05, 0) is 35.4 Å². The van der Waals surface area contributed by atoms with Crippen molar-refractivity contribution in [2.75, 3.05) is 27.4 Å². The average Bonchev–Trinajstić information content (AvgIpc) is 3.06. The lowest BCUT2D eigenvalue weighted by atomic mass is 9.86. The standard InChI is InChI=1S/C20H22O6/c1-24-18-8-12(3-5-16(18)22)7-14-11-26-20(15(14)10-21)13-4-6-17(23)19(9-13)25-2/h3-9,14-15,20-21,23H,10-11H2,1-2H3/b12-7+. The van der Waals surface area contributed by atoms with Crippen LogP contribution in [0, 0.1) is 11.8 Å². The zero-order valence-electron chi connectivity index (χ0n) is 14.7. The molecule has 1 heterocycles. The van der Waals surface area contributed by atoms with Gasteiger partial charge < -0.3 is 24.4 Å². The Morgan fingerprint density at radius 3 is 2.77 bits per heavy atom. The highest BCUT2D eigenvalue weighted by molar-refractivity contribution is 6.04. The number of ether oxygens (including phenoxy) is 3. The average molecular weight is 358 g/mol. The van der Waals surface area contributed by atoms with E-state index in [0.29, 0.717) is 12.4 Å². The summed E-state index contributed by atoms with van der Waals surface area (Å²) in [6.45, 7) is 0.395. The van der Waals surface area contributed by atoms with Crippen molar-refractivity contribution in [3.05, 3.63) is 59.4 Å². The number of allylic oxidation sites excluding steroid dienone is 4. The second-order valence-corrected chi connectivity index (χ2v) is 6.27. The van der Waals surface area contributed by atoms with E-state index in [0.717, 1.165) is 11.1 Å². The lowest BCUT2D eigenvalue weighted by molar-refractivity contribution is -0.114. The molecule has 0 bridgehead atoms. The second kappa shape index (κ2) is 7.76. The van der Waals surface area contributed by atoms with Gasteiger partial charge in [-0.2, -0.15) is 0 Å². The van der Waals surface area contributed by atoms with Crippen LogP contribution in [0.15, 0.2) is 53.8 Å². The number of methoxy groups -OCH3 is 2. The molecule has 1 aromatic rings. The number of phenols is 1. The van der Waals surface area contributed by atoms with Crippen molar-refractivity contribution in [3.8, 4) is 11.5 Å². The van der Waals surface area contributed by atoms with E-state index in [-0.39, 0.29) is 41.8 Å². The molecule has 3 atom stereocenters. The molecule has 0 radical (unpaired) electrons. The first-order valence-corrected chi connectivity index (χ1v) is 8.36. The number of hydrogen-bond donors (Lipinski definition) is 2. The van der Waals surface area contributed by atoms with E-state index in [2.05, 4.69) is 0 Å². The van der Waals surface area contributed by atoms with Gasteiger partial charge in [0.25, 0.3) is 0 Å². The molecule has 0 amide bonds. The Hall–Kier alpha value is -2.57. The van der Waals surface area contributed by atoms with Crippen molar-refractivity contribution in [3.63, 3.8) is 0 Å². The fourth-order valence-corrected chi connectivity index (χ4v) is 3.34. The Labute approximate surface area is 152 Å². The van der Waals surface area contributed by atoms with Gasteiger partial charge in [-0.1, -0.05) is 18.2 Å². The normalized spacial score (nSPS) is 26.9. The van der Waals surface area contributed by atoms with Crippen LogP contribution in [0.5, 0.6) is 11.5 Å². The SMILES string of the molecule is COC1=C/C(=C/C2COC(c3ccc(O)c(OC)c3)C2CO)C=CC1=O. The molecule has 0 spiro atoms. The molecule has 6 heteroatoms. The summed E-state index contributed by atoms with van der Waals surface area (Å²) in [5.74, 6) is 0.376. The molecule has 3 unspecified atom stereocenters. The Morgan fingerprint density at radius 1 is 1.27 bits per heavy atom. The van der Waals surface area contributed by atoms with Gasteiger partial charge in [0, 0.05) is 18.4 Å². The maximum absolute atomic E-state index is 11.6. The van der Waals surface area contributed by atoms with Crippen LogP contribution in [-0.2, 0) is 14.3 Å². The van der Waals surface area contributed by atoms with Gasteiger partial charge in [0.2, 0.25) is 5.78 Å². The molecule has 1 aliphatic heterocycles. The van der Waals surface area contributed by atoms with Crippen LogP contribution in [0.25, 0.3) is 0 Å². The fraction of sp³-hybridized carbons (Fsp3) is 0.350. The number of phenolic OH excluding ortho intramolecular Hbond substituents is 1. The van der Waals surface area contributed by atoms with E-state index in [1.54, 1.807) is 30.4 Å². The van der Waals surface area contributed by atoms with Crippen LogP contribution in [0.2, 0.25) is 0 Å². The van der Waals surface area contributed by atoms with Gasteiger partial charge in [0.1, 0.15) is 0 Å². The Morgan fingerprint density at radius 2 is 2.08 bits per heavy atom. The third kappa shape index (κ3) is 3.52. The van der Waals surface area contributed by atoms with Crippen LogP contribution in [0.1, 0.15) is 11.7 Å². The van der Waals surface area contributed by atoms with E-state index in [4.69, 9.17) is 14.2 Å². The van der Waals surface area contributed by atoms with Crippen molar-refractivity contribution in [1.29, 1.82) is 0 Å². The number of aromatic hydroxyl groups is 1. The van der Waals surface area contributed by atoms with Gasteiger partial charge in [-0.3, -0.25) is 4.79 Å². The molecule has 1 fully saturated rings. The zero-order valence-corrected chi connectivity index (χ0v) is 14.7. The summed E-state index contributed by atoms with van der Waals surface area (Å²) in [5, 5.41) is 19.7. The minimum absolute atomic E-state index is 0.0213. The van der Waals surface area contributed by atoms with Gasteiger partial charge in [-0.25, -0.2) is 0 Å². The van der Waals surface area contributed by atoms with Crippen LogP contribution < -0.4 is 4.74 Å². The highest BCUT2D eigenvalue weighted by atomic mass is 16.5. The molecule has 1 aromatic carbocycles. The molecule has 6 nitrogen and oxygen atoms in total. The number of carbonyl (C=O) groups is 1. The molecule has 2 N–H and O–H groups in total. The fourth-order valence-electron chi connectivity index (χ4n) is 3.34. The van der Waals surface area contributed by atoms with Crippen LogP contribution in [0.3, 0.4) is 0 Å². The molecular weight excluding hydrogens is 336 g/mol. The van der Waals surface area contributed by atoms with Crippen molar-refractivity contribution in [1.82, 2.24) is 0 Å². The summed E-state index contributed by atoms with van der Waals surface area (Å²) >= 11 is 0. The smallest absolute Gasteiger partial charge is 0.220 e. The molecule has 2 aliphatic rings. The molecule has 0 saturated carbocycles. The topological polar surface area (TPSA) is 85.2 Å². The summed E-state index contributed by atoms with van der Waals surface area (Å²) in [5.41, 5.74) is 1.68. The number of aliphatic hydroxyl groups is 1. The quantitative estimate of drug-likeness (QED) is 0.840. The number of aliphatic hydroxyl groups excluding tert-OH is 1. The summed E-state index contributed by atoms with van der Waals surface area (Å²) < 4.78 is 16.2. The van der Waals surface area contributed by atoms with Crippen molar-refractivity contribution in [2.45, 2.75) is 6.10 Å². The maximum atomic E-state index is 11.6. The van der Waals surface area contributed by atoms with Gasteiger partial charge in [0.05, 0.1) is 26.9 Å². The number of rotatable bonds is 5. The first kappa shape index (κ1) is 18.2. The summed E-state index contributed by atoms with van der Waals surface area (Å²) in [7, 11) is 2.95.